The van der Waals surface area contributed by atoms with Crippen LogP contribution in [0.3, 0.4) is 0 Å². The van der Waals surface area contributed by atoms with E-state index in [0.717, 1.165) is 55.4 Å². The Hall–Kier alpha value is -3.29. The summed E-state index contributed by atoms with van der Waals surface area (Å²) in [4.78, 5) is 9.77. The molecule has 5 nitrogen and oxygen atoms in total. The highest BCUT2D eigenvalue weighted by atomic mass is 19.1. The van der Waals surface area contributed by atoms with E-state index < -0.39 is 0 Å². The highest BCUT2D eigenvalue weighted by Crippen LogP contribution is 2.36. The van der Waals surface area contributed by atoms with Crippen LogP contribution >= 0.6 is 0 Å². The molecule has 0 radical (unpaired) electrons. The molecule has 2 atom stereocenters. The van der Waals surface area contributed by atoms with Crippen molar-refractivity contribution in [3.05, 3.63) is 101 Å². The lowest BCUT2D eigenvalue weighted by atomic mass is 9.95. The Morgan fingerprint density at radius 3 is 2.06 bits per heavy atom. The topological polar surface area (TPSA) is 40.1 Å². The van der Waals surface area contributed by atoms with E-state index in [-0.39, 0.29) is 23.7 Å². The molecular weight excluding hydrogens is 446 g/mol. The van der Waals surface area contributed by atoms with Crippen molar-refractivity contribution in [3.63, 3.8) is 0 Å². The van der Waals surface area contributed by atoms with E-state index in [1.807, 2.05) is 24.3 Å². The second-order valence-electron chi connectivity index (χ2n) is 9.15. The number of rotatable bonds is 7. The third kappa shape index (κ3) is 5.69. The molecule has 0 amide bonds. The lowest BCUT2D eigenvalue weighted by molar-refractivity contribution is 0.139. The number of aliphatic imine (C=N–C) groups is 1. The van der Waals surface area contributed by atoms with Gasteiger partial charge in [0.05, 0.1) is 19.7 Å². The number of ether oxygens (including phenoxy) is 1. The van der Waals surface area contributed by atoms with Crippen LogP contribution in [-0.4, -0.2) is 55.5 Å². The van der Waals surface area contributed by atoms with Crippen molar-refractivity contribution < 1.29 is 13.5 Å². The number of methoxy groups -OCH3 is 1. The van der Waals surface area contributed by atoms with Gasteiger partial charge in [0, 0.05) is 32.7 Å². The molecule has 0 saturated carbocycles. The Bertz CT molecular complexity index is 1180. The zero-order valence-electron chi connectivity index (χ0n) is 19.8. The van der Waals surface area contributed by atoms with Gasteiger partial charge in [0.1, 0.15) is 29.3 Å². The van der Waals surface area contributed by atoms with Gasteiger partial charge in [-0.1, -0.05) is 36.4 Å². The van der Waals surface area contributed by atoms with Crippen LogP contribution in [0.4, 0.5) is 8.78 Å². The van der Waals surface area contributed by atoms with Crippen LogP contribution in [0.5, 0.6) is 5.75 Å². The number of hydrogen-bond acceptors (Lipinski definition) is 5. The van der Waals surface area contributed by atoms with Crippen LogP contribution < -0.4 is 10.1 Å². The molecule has 2 unspecified atom stereocenters. The predicted octanol–water partition coefficient (Wildman–Crippen LogP) is 4.58. The summed E-state index contributed by atoms with van der Waals surface area (Å²) in [5, 5.41) is 3.51. The maximum absolute atomic E-state index is 14.0. The minimum Gasteiger partial charge on any atom is -0.497 e. The highest BCUT2D eigenvalue weighted by Gasteiger charge is 2.32. The van der Waals surface area contributed by atoms with Crippen molar-refractivity contribution in [1.29, 1.82) is 0 Å². The Balaban J connectivity index is 1.23. The standard InChI is InChI=1S/C28H30F2N4O/c1-35-25-10-8-20(9-11-25)18-33-12-14-34(15-13-33)19-26-31-27(21-4-2-6-23(29)16-21)28(32-26)22-5-3-7-24(30)17-22/h2-11,16-17,27-28H,12-15,18-19H2,1H3,(H,31,32). The molecule has 3 aromatic carbocycles. The Kier molecular flexibility index (Phi) is 7.06. The number of piperazine rings is 1. The van der Waals surface area contributed by atoms with E-state index in [2.05, 4.69) is 27.2 Å². The number of benzene rings is 3. The van der Waals surface area contributed by atoms with Crippen LogP contribution in [0.2, 0.25) is 0 Å². The van der Waals surface area contributed by atoms with Crippen LogP contribution in [0.25, 0.3) is 0 Å². The van der Waals surface area contributed by atoms with Crippen molar-refractivity contribution in [2.45, 2.75) is 18.6 Å². The van der Waals surface area contributed by atoms with E-state index in [0.29, 0.717) is 6.54 Å². The van der Waals surface area contributed by atoms with Crippen molar-refractivity contribution in [2.24, 2.45) is 4.99 Å². The van der Waals surface area contributed by atoms with Crippen LogP contribution in [0.15, 0.2) is 77.8 Å². The summed E-state index contributed by atoms with van der Waals surface area (Å²) in [6.07, 6.45) is 0. The van der Waals surface area contributed by atoms with Gasteiger partial charge in [0.2, 0.25) is 0 Å². The van der Waals surface area contributed by atoms with E-state index in [4.69, 9.17) is 9.73 Å². The molecule has 2 aliphatic rings. The quantitative estimate of drug-likeness (QED) is 0.542. The molecule has 0 aromatic heterocycles. The average molecular weight is 477 g/mol. The summed E-state index contributed by atoms with van der Waals surface area (Å²) >= 11 is 0. The Morgan fingerprint density at radius 1 is 0.829 bits per heavy atom. The SMILES string of the molecule is COc1ccc(CN2CCN(CC3=NC(c4cccc(F)c4)C(c4cccc(F)c4)N3)CC2)cc1. The van der Waals surface area contributed by atoms with E-state index in [1.165, 1.54) is 29.8 Å². The number of nitrogens with one attached hydrogen (secondary N) is 1. The van der Waals surface area contributed by atoms with Gasteiger partial charge in [-0.2, -0.15) is 0 Å². The van der Waals surface area contributed by atoms with Gasteiger partial charge in [-0.25, -0.2) is 8.78 Å². The zero-order chi connectivity index (χ0) is 24.2. The summed E-state index contributed by atoms with van der Waals surface area (Å²) in [5.74, 6) is 1.15. The summed E-state index contributed by atoms with van der Waals surface area (Å²) < 4.78 is 33.2. The molecule has 1 fully saturated rings. The Morgan fingerprint density at radius 2 is 1.43 bits per heavy atom. The van der Waals surface area contributed by atoms with Gasteiger partial charge in [-0.3, -0.25) is 14.8 Å². The fourth-order valence-electron chi connectivity index (χ4n) is 4.85. The molecule has 5 rings (SSSR count). The largest absolute Gasteiger partial charge is 0.497 e. The second-order valence-corrected chi connectivity index (χ2v) is 9.15. The first-order valence-electron chi connectivity index (χ1n) is 12.0. The first-order chi connectivity index (χ1) is 17.1. The molecule has 7 heteroatoms. The molecule has 182 valence electrons. The molecule has 0 bridgehead atoms. The van der Waals surface area contributed by atoms with Gasteiger partial charge in [-0.05, 0) is 53.1 Å². The Labute approximate surface area is 205 Å². The minimum absolute atomic E-state index is 0.237. The van der Waals surface area contributed by atoms with Gasteiger partial charge in [-0.15, -0.1) is 0 Å². The lowest BCUT2D eigenvalue weighted by Gasteiger charge is -2.34. The van der Waals surface area contributed by atoms with Gasteiger partial charge in [0.25, 0.3) is 0 Å². The molecule has 2 aliphatic heterocycles. The summed E-state index contributed by atoms with van der Waals surface area (Å²) in [6, 6.07) is 20.8. The number of amidine groups is 1. The monoisotopic (exact) mass is 476 g/mol. The smallest absolute Gasteiger partial charge is 0.123 e. The second kappa shape index (κ2) is 10.5. The third-order valence-corrected chi connectivity index (χ3v) is 6.73. The zero-order valence-corrected chi connectivity index (χ0v) is 19.8. The van der Waals surface area contributed by atoms with Crippen molar-refractivity contribution >= 4 is 5.84 Å². The highest BCUT2D eigenvalue weighted by molar-refractivity contribution is 5.86. The van der Waals surface area contributed by atoms with Gasteiger partial charge in [0.15, 0.2) is 0 Å². The lowest BCUT2D eigenvalue weighted by Crippen LogP contribution is -2.48. The first kappa shape index (κ1) is 23.5. The average Bonchev–Trinajstić information content (AvgIpc) is 3.30. The molecular formula is C28H30F2N4O. The summed E-state index contributed by atoms with van der Waals surface area (Å²) in [7, 11) is 1.68. The number of hydrogen-bond donors (Lipinski definition) is 1. The number of halogens is 2. The molecule has 0 aliphatic carbocycles. The molecule has 1 saturated heterocycles. The third-order valence-electron chi connectivity index (χ3n) is 6.73. The fraction of sp³-hybridized carbons (Fsp3) is 0.321. The summed E-state index contributed by atoms with van der Waals surface area (Å²) in [5.41, 5.74) is 2.87. The van der Waals surface area contributed by atoms with Crippen LogP contribution in [0, 0.1) is 11.6 Å². The van der Waals surface area contributed by atoms with Crippen LogP contribution in [0.1, 0.15) is 28.8 Å². The molecule has 0 spiro atoms. The fourth-order valence-corrected chi connectivity index (χ4v) is 4.85. The van der Waals surface area contributed by atoms with Crippen LogP contribution in [-0.2, 0) is 6.54 Å². The minimum atomic E-state index is -0.307. The molecule has 2 heterocycles. The molecule has 1 N–H and O–H groups in total. The van der Waals surface area contributed by atoms with Gasteiger partial charge >= 0.3 is 0 Å². The van der Waals surface area contributed by atoms with Crippen molar-refractivity contribution in [2.75, 3.05) is 39.8 Å². The maximum atomic E-state index is 14.0. The predicted molar refractivity (Wildman–Crippen MR) is 134 cm³/mol. The summed E-state index contributed by atoms with van der Waals surface area (Å²) in [6.45, 7) is 5.42. The number of nitrogens with zero attached hydrogens (tertiary/aromatic N) is 3. The van der Waals surface area contributed by atoms with E-state index >= 15 is 0 Å². The van der Waals surface area contributed by atoms with Crippen molar-refractivity contribution in [3.8, 4) is 5.75 Å². The first-order valence-corrected chi connectivity index (χ1v) is 12.0. The normalized spacial score (nSPS) is 20.9. The molecule has 3 aromatic rings. The van der Waals surface area contributed by atoms with Crippen molar-refractivity contribution in [1.82, 2.24) is 15.1 Å². The van der Waals surface area contributed by atoms with E-state index in [9.17, 15) is 8.78 Å². The van der Waals surface area contributed by atoms with E-state index in [1.54, 1.807) is 19.2 Å². The molecule has 35 heavy (non-hydrogen) atoms. The van der Waals surface area contributed by atoms with Gasteiger partial charge < -0.3 is 10.1 Å². The maximum Gasteiger partial charge on any atom is 0.123 e.